The first kappa shape index (κ1) is 17.2. The zero-order chi connectivity index (χ0) is 19.2. The molecule has 5 heteroatoms. The Balaban J connectivity index is 1.93. The lowest BCUT2D eigenvalue weighted by Crippen LogP contribution is -2.10. The van der Waals surface area contributed by atoms with Crippen LogP contribution in [0.2, 0.25) is 0 Å². The van der Waals surface area contributed by atoms with Gasteiger partial charge in [0.2, 0.25) is 0 Å². The fourth-order valence-corrected chi connectivity index (χ4v) is 3.22. The van der Waals surface area contributed by atoms with Gasteiger partial charge in [-0.05, 0) is 29.2 Å². The molecule has 4 aromatic rings. The van der Waals surface area contributed by atoms with E-state index in [0.717, 1.165) is 16.8 Å². The molecule has 0 N–H and O–H groups in total. The van der Waals surface area contributed by atoms with Crippen molar-refractivity contribution in [1.29, 1.82) is 0 Å². The third kappa shape index (κ3) is 2.95. The molecular weight excluding hydrogens is 338 g/mol. The maximum absolute atomic E-state index is 11.9. The number of nitrogens with zero attached hydrogens (tertiary/aromatic N) is 3. The quantitative estimate of drug-likeness (QED) is 0.490. The molecule has 1 aromatic carbocycles. The topological polar surface area (TPSA) is 56.5 Å². The molecule has 0 amide bonds. The molecule has 0 unspecified atom stereocenters. The number of pyridine rings is 1. The third-order valence-corrected chi connectivity index (χ3v) is 4.74. The zero-order valence-corrected chi connectivity index (χ0v) is 15.9. The Morgan fingerprint density at radius 3 is 2.52 bits per heavy atom. The van der Waals surface area contributed by atoms with Gasteiger partial charge in [0.05, 0.1) is 23.9 Å². The normalized spacial score (nSPS) is 11.9. The molecule has 0 bridgehead atoms. The van der Waals surface area contributed by atoms with Crippen LogP contribution in [-0.2, 0) is 10.2 Å². The van der Waals surface area contributed by atoms with E-state index in [2.05, 4.69) is 50.0 Å². The van der Waals surface area contributed by atoms with Gasteiger partial charge in [-0.2, -0.15) is 0 Å². The summed E-state index contributed by atoms with van der Waals surface area (Å²) in [6.45, 7) is 6.59. The van der Waals surface area contributed by atoms with E-state index >= 15 is 0 Å². The van der Waals surface area contributed by atoms with Crippen molar-refractivity contribution in [2.45, 2.75) is 26.2 Å². The first-order chi connectivity index (χ1) is 12.9. The van der Waals surface area contributed by atoms with Gasteiger partial charge in [0.25, 0.3) is 0 Å². The van der Waals surface area contributed by atoms with Crippen LogP contribution in [0.15, 0.2) is 54.9 Å². The van der Waals surface area contributed by atoms with E-state index in [1.54, 1.807) is 6.07 Å². The Hall–Kier alpha value is -3.21. The third-order valence-electron chi connectivity index (χ3n) is 4.74. The molecule has 0 aliphatic heterocycles. The second-order valence-corrected chi connectivity index (χ2v) is 7.61. The van der Waals surface area contributed by atoms with E-state index < -0.39 is 5.97 Å². The highest BCUT2D eigenvalue weighted by molar-refractivity contribution is 5.93. The van der Waals surface area contributed by atoms with Crippen molar-refractivity contribution >= 4 is 22.6 Å². The number of esters is 1. The van der Waals surface area contributed by atoms with Gasteiger partial charge in [0.1, 0.15) is 5.52 Å². The molecule has 0 aliphatic rings. The van der Waals surface area contributed by atoms with Crippen LogP contribution >= 0.6 is 0 Å². The number of methoxy groups -OCH3 is 1. The highest BCUT2D eigenvalue weighted by Crippen LogP contribution is 2.29. The Morgan fingerprint density at radius 2 is 1.85 bits per heavy atom. The van der Waals surface area contributed by atoms with Crippen LogP contribution < -0.4 is 0 Å². The number of hydrogen-bond donors (Lipinski definition) is 0. The van der Waals surface area contributed by atoms with Gasteiger partial charge in [-0.3, -0.25) is 4.40 Å². The highest BCUT2D eigenvalue weighted by atomic mass is 16.5. The summed E-state index contributed by atoms with van der Waals surface area (Å²) in [7, 11) is 1.36. The second kappa shape index (κ2) is 6.20. The van der Waals surface area contributed by atoms with E-state index in [9.17, 15) is 4.79 Å². The molecule has 136 valence electrons. The van der Waals surface area contributed by atoms with Crippen molar-refractivity contribution < 1.29 is 9.53 Å². The van der Waals surface area contributed by atoms with Gasteiger partial charge in [0.15, 0.2) is 5.65 Å². The maximum atomic E-state index is 11.9. The first-order valence-electron chi connectivity index (χ1n) is 8.84. The summed E-state index contributed by atoms with van der Waals surface area (Å²) in [5.74, 6) is -0.421. The minimum absolute atomic E-state index is 0.0963. The summed E-state index contributed by atoms with van der Waals surface area (Å²) < 4.78 is 6.80. The summed E-state index contributed by atoms with van der Waals surface area (Å²) in [5, 5.41) is 0. The van der Waals surface area contributed by atoms with Crippen molar-refractivity contribution in [2.24, 2.45) is 0 Å². The summed E-state index contributed by atoms with van der Waals surface area (Å²) in [6.07, 6.45) is 3.48. The highest BCUT2D eigenvalue weighted by Gasteiger charge is 2.16. The SMILES string of the molecule is COC(=O)c1cnc2c(c1)nc(-c1ccc(C(C)(C)C)cc1)c1cccn12. The molecular formula is C22H21N3O2. The molecule has 0 fully saturated rings. The number of ether oxygens (including phenoxy) is 1. The van der Waals surface area contributed by atoms with Crippen molar-refractivity contribution in [3.05, 3.63) is 66.0 Å². The number of rotatable bonds is 2. The monoisotopic (exact) mass is 359 g/mol. The van der Waals surface area contributed by atoms with Crippen LogP contribution in [0, 0.1) is 0 Å². The van der Waals surface area contributed by atoms with E-state index in [4.69, 9.17) is 9.72 Å². The smallest absolute Gasteiger partial charge is 0.339 e. The predicted octanol–water partition coefficient (Wildman–Crippen LogP) is 4.63. The molecule has 5 nitrogen and oxygen atoms in total. The van der Waals surface area contributed by atoms with Crippen LogP contribution in [0.25, 0.3) is 27.9 Å². The van der Waals surface area contributed by atoms with Crippen molar-refractivity contribution in [3.63, 3.8) is 0 Å². The van der Waals surface area contributed by atoms with Crippen LogP contribution in [0.5, 0.6) is 0 Å². The molecule has 3 heterocycles. The van der Waals surface area contributed by atoms with Gasteiger partial charge in [-0.25, -0.2) is 14.8 Å². The lowest BCUT2D eigenvalue weighted by atomic mass is 9.86. The van der Waals surface area contributed by atoms with Crippen molar-refractivity contribution in [2.75, 3.05) is 7.11 Å². The number of benzene rings is 1. The zero-order valence-electron chi connectivity index (χ0n) is 15.9. The molecule has 0 aliphatic carbocycles. The Kier molecular flexibility index (Phi) is 3.95. The van der Waals surface area contributed by atoms with Gasteiger partial charge in [-0.15, -0.1) is 0 Å². The summed E-state index contributed by atoms with van der Waals surface area (Å²) in [4.78, 5) is 21.1. The minimum atomic E-state index is -0.421. The Bertz CT molecular complexity index is 1150. The number of carbonyl (C=O) groups is 1. The van der Waals surface area contributed by atoms with Gasteiger partial charge < -0.3 is 4.74 Å². The summed E-state index contributed by atoms with van der Waals surface area (Å²) in [5.41, 5.74) is 5.97. The maximum Gasteiger partial charge on any atom is 0.339 e. The number of fused-ring (bicyclic) bond motifs is 3. The average molecular weight is 359 g/mol. The fourth-order valence-electron chi connectivity index (χ4n) is 3.22. The lowest BCUT2D eigenvalue weighted by Gasteiger charge is -2.19. The van der Waals surface area contributed by atoms with Crippen molar-refractivity contribution in [3.8, 4) is 11.3 Å². The van der Waals surface area contributed by atoms with Crippen LogP contribution in [0.4, 0.5) is 0 Å². The molecule has 27 heavy (non-hydrogen) atoms. The molecule has 0 spiro atoms. The van der Waals surface area contributed by atoms with E-state index in [1.807, 2.05) is 22.7 Å². The lowest BCUT2D eigenvalue weighted by molar-refractivity contribution is 0.0600. The van der Waals surface area contributed by atoms with Gasteiger partial charge in [0, 0.05) is 18.0 Å². The van der Waals surface area contributed by atoms with Crippen LogP contribution in [-0.4, -0.2) is 27.4 Å². The molecule has 0 radical (unpaired) electrons. The standard InChI is InChI=1S/C22H21N3O2/c1-22(2,3)16-9-7-14(8-10-16)19-18-6-5-11-25(18)20-17(24-19)12-15(13-23-20)21(26)27-4/h5-13H,1-4H3. The summed E-state index contributed by atoms with van der Waals surface area (Å²) >= 11 is 0. The van der Waals surface area contributed by atoms with E-state index in [0.29, 0.717) is 16.7 Å². The molecule has 0 atom stereocenters. The molecule has 0 saturated carbocycles. The molecule has 4 rings (SSSR count). The predicted molar refractivity (Wildman–Crippen MR) is 106 cm³/mol. The molecule has 0 saturated heterocycles. The second-order valence-electron chi connectivity index (χ2n) is 7.61. The fraction of sp³-hybridized carbons (Fsp3) is 0.227. The van der Waals surface area contributed by atoms with Crippen molar-refractivity contribution in [1.82, 2.24) is 14.4 Å². The number of aromatic nitrogens is 3. The van der Waals surface area contributed by atoms with E-state index in [-0.39, 0.29) is 5.41 Å². The largest absolute Gasteiger partial charge is 0.465 e. The van der Waals surface area contributed by atoms with Gasteiger partial charge >= 0.3 is 5.97 Å². The average Bonchev–Trinajstić information content (AvgIpc) is 3.15. The number of carbonyl (C=O) groups excluding carboxylic acids is 1. The number of hydrogen-bond acceptors (Lipinski definition) is 4. The van der Waals surface area contributed by atoms with Crippen LogP contribution in [0.3, 0.4) is 0 Å². The minimum Gasteiger partial charge on any atom is -0.465 e. The Labute approximate surface area is 157 Å². The Morgan fingerprint density at radius 1 is 1.11 bits per heavy atom. The van der Waals surface area contributed by atoms with Crippen LogP contribution in [0.1, 0.15) is 36.7 Å². The van der Waals surface area contributed by atoms with Gasteiger partial charge in [-0.1, -0.05) is 45.0 Å². The molecule has 3 aromatic heterocycles. The first-order valence-corrected chi connectivity index (χ1v) is 8.84. The summed E-state index contributed by atoms with van der Waals surface area (Å²) in [6, 6.07) is 14.2. The van der Waals surface area contributed by atoms with E-state index in [1.165, 1.54) is 18.9 Å².